The van der Waals surface area contributed by atoms with Gasteiger partial charge < -0.3 is 19.9 Å². The van der Waals surface area contributed by atoms with Gasteiger partial charge in [-0.25, -0.2) is 4.79 Å². The number of nitrogens with zero attached hydrogens (tertiary/aromatic N) is 2. The average molecular weight is 378 g/mol. The Hall–Kier alpha value is -3.46. The Bertz CT molecular complexity index is 1050. The number of rotatable bonds is 5. The van der Waals surface area contributed by atoms with E-state index in [0.717, 1.165) is 34.5 Å². The van der Waals surface area contributed by atoms with Crippen LogP contribution in [0.2, 0.25) is 0 Å². The zero-order chi connectivity index (χ0) is 20.3. The van der Waals surface area contributed by atoms with Gasteiger partial charge >= 0.3 is 6.03 Å². The van der Waals surface area contributed by atoms with E-state index in [1.807, 2.05) is 56.3 Å². The molecule has 0 saturated carbocycles. The van der Waals surface area contributed by atoms with Crippen LogP contribution in [-0.4, -0.2) is 23.7 Å². The van der Waals surface area contributed by atoms with Gasteiger partial charge in [-0.15, -0.1) is 0 Å². The van der Waals surface area contributed by atoms with Gasteiger partial charge in [-0.1, -0.05) is 12.1 Å². The number of urea groups is 1. The number of amides is 2. The van der Waals surface area contributed by atoms with Crippen LogP contribution in [0, 0.1) is 11.3 Å². The molecule has 0 aliphatic heterocycles. The van der Waals surface area contributed by atoms with E-state index < -0.39 is 0 Å². The summed E-state index contributed by atoms with van der Waals surface area (Å²) in [6.07, 6.45) is 0. The first-order valence-corrected chi connectivity index (χ1v) is 9.26. The maximum Gasteiger partial charge on any atom is 0.319 e. The fraction of sp³-hybridized carbons (Fsp3) is 0.273. The molecule has 2 aromatic carbocycles. The number of carbonyl (C=O) groups excluding carboxylic acids is 1. The summed E-state index contributed by atoms with van der Waals surface area (Å²) >= 11 is 0. The number of fused-ring (bicyclic) bond motifs is 1. The lowest BCUT2D eigenvalue weighted by Gasteiger charge is -2.12. The third-order valence-electron chi connectivity index (χ3n) is 4.53. The van der Waals surface area contributed by atoms with Crippen molar-refractivity contribution in [2.45, 2.75) is 33.4 Å². The Kier molecular flexibility index (Phi) is 5.55. The molecule has 3 aromatic rings. The highest BCUT2D eigenvalue weighted by Crippen LogP contribution is 2.35. The monoisotopic (exact) mass is 378 g/mol. The van der Waals surface area contributed by atoms with Crippen LogP contribution < -0.4 is 15.4 Å². The zero-order valence-corrected chi connectivity index (χ0v) is 16.5. The van der Waals surface area contributed by atoms with Crippen molar-refractivity contribution < 1.29 is 11.0 Å². The smallest absolute Gasteiger partial charge is 0.319 e. The van der Waals surface area contributed by atoms with Gasteiger partial charge in [-0.3, -0.25) is 0 Å². The Morgan fingerprint density at radius 2 is 1.96 bits per heavy atom. The van der Waals surface area contributed by atoms with Gasteiger partial charge in [0.25, 0.3) is 0 Å². The average Bonchev–Trinajstić information content (AvgIpc) is 3.00. The number of nitriles is 1. The molecule has 0 fully saturated rings. The molecule has 0 bridgehead atoms. The highest BCUT2D eigenvalue weighted by molar-refractivity contribution is 5.96. The molecule has 6 nitrogen and oxygen atoms in total. The minimum absolute atomic E-state index is 0. The Labute approximate surface area is 166 Å². The van der Waals surface area contributed by atoms with E-state index >= 15 is 0 Å². The third kappa shape index (κ3) is 3.65. The van der Waals surface area contributed by atoms with E-state index in [-0.39, 0.29) is 13.5 Å². The van der Waals surface area contributed by atoms with Gasteiger partial charge in [0, 0.05) is 25.1 Å². The summed E-state index contributed by atoms with van der Waals surface area (Å²) in [5.41, 5.74) is 4.10. The zero-order valence-electron chi connectivity index (χ0n) is 16.5. The minimum atomic E-state index is -0.241. The summed E-state index contributed by atoms with van der Waals surface area (Å²) in [4.78, 5) is 11.9. The SMILES string of the molecule is CCn1c(-c2ccc(NC(=O)NC(C)C)cc2)c(C#N)c2cc(OC)ccc21.[HH]. The maximum atomic E-state index is 11.9. The van der Waals surface area contributed by atoms with Crippen LogP contribution in [0.5, 0.6) is 5.75 Å². The summed E-state index contributed by atoms with van der Waals surface area (Å²) in [7, 11) is 1.62. The molecule has 2 N–H and O–H groups in total. The standard InChI is InChI=1S/C22H24N4O2.H2/c1-5-26-20-11-10-17(28-4)12-18(20)19(13-23)21(26)15-6-8-16(9-7-15)25-22(27)24-14(2)3;/h6-12,14H,5H2,1-4H3,(H2,24,25,27);1H. The number of hydrogen-bond donors (Lipinski definition) is 2. The topological polar surface area (TPSA) is 79.1 Å². The predicted molar refractivity (Wildman–Crippen MR) is 114 cm³/mol. The molecule has 0 saturated heterocycles. The first-order valence-electron chi connectivity index (χ1n) is 9.26. The number of nitrogens with one attached hydrogen (secondary N) is 2. The molecular formula is C22H26N4O2. The highest BCUT2D eigenvalue weighted by atomic mass is 16.5. The second-order valence-corrected chi connectivity index (χ2v) is 6.79. The molecule has 3 rings (SSSR count). The minimum Gasteiger partial charge on any atom is -0.497 e. The van der Waals surface area contributed by atoms with Crippen LogP contribution in [0.15, 0.2) is 42.5 Å². The number of aromatic nitrogens is 1. The van der Waals surface area contributed by atoms with Crippen LogP contribution in [-0.2, 0) is 6.54 Å². The number of aryl methyl sites for hydroxylation is 1. The number of ether oxygens (including phenoxy) is 1. The van der Waals surface area contributed by atoms with E-state index in [4.69, 9.17) is 4.74 Å². The van der Waals surface area contributed by atoms with Crippen LogP contribution >= 0.6 is 0 Å². The molecule has 28 heavy (non-hydrogen) atoms. The summed E-state index contributed by atoms with van der Waals surface area (Å²) in [6, 6.07) is 15.5. The normalized spacial score (nSPS) is 10.7. The fourth-order valence-corrected chi connectivity index (χ4v) is 3.34. The van der Waals surface area contributed by atoms with Gasteiger partial charge in [0.2, 0.25) is 0 Å². The van der Waals surface area contributed by atoms with E-state index in [9.17, 15) is 10.1 Å². The van der Waals surface area contributed by atoms with Crippen molar-refractivity contribution in [3.05, 3.63) is 48.0 Å². The largest absolute Gasteiger partial charge is 0.497 e. The lowest BCUT2D eigenvalue weighted by atomic mass is 10.1. The maximum absolute atomic E-state index is 11.9. The summed E-state index contributed by atoms with van der Waals surface area (Å²) in [6.45, 7) is 6.60. The van der Waals surface area contributed by atoms with E-state index in [0.29, 0.717) is 11.3 Å². The second-order valence-electron chi connectivity index (χ2n) is 6.79. The van der Waals surface area contributed by atoms with Gasteiger partial charge in [0.15, 0.2) is 0 Å². The Balaban J connectivity index is 0.00000300. The predicted octanol–water partition coefficient (Wildman–Crippen LogP) is 4.98. The molecule has 146 valence electrons. The van der Waals surface area contributed by atoms with E-state index in [2.05, 4.69) is 28.2 Å². The van der Waals surface area contributed by atoms with Crippen molar-refractivity contribution in [2.24, 2.45) is 0 Å². The number of hydrogen-bond acceptors (Lipinski definition) is 3. The molecule has 6 heteroatoms. The molecule has 1 heterocycles. The van der Waals surface area contributed by atoms with Crippen molar-refractivity contribution in [3.63, 3.8) is 0 Å². The third-order valence-corrected chi connectivity index (χ3v) is 4.53. The lowest BCUT2D eigenvalue weighted by molar-refractivity contribution is 0.250. The molecule has 0 spiro atoms. The Morgan fingerprint density at radius 1 is 1.25 bits per heavy atom. The fourth-order valence-electron chi connectivity index (χ4n) is 3.34. The van der Waals surface area contributed by atoms with E-state index in [1.165, 1.54) is 0 Å². The molecule has 0 unspecified atom stereocenters. The van der Waals surface area contributed by atoms with Crippen LogP contribution in [0.1, 0.15) is 27.8 Å². The van der Waals surface area contributed by atoms with Crippen molar-refractivity contribution in [1.29, 1.82) is 5.26 Å². The lowest BCUT2D eigenvalue weighted by Crippen LogP contribution is -2.34. The second kappa shape index (κ2) is 8.05. The molecule has 0 atom stereocenters. The highest BCUT2D eigenvalue weighted by Gasteiger charge is 2.18. The number of benzene rings is 2. The molecule has 0 aliphatic carbocycles. The number of anilines is 1. The van der Waals surface area contributed by atoms with Gasteiger partial charge in [0.1, 0.15) is 11.8 Å². The molecule has 2 amide bonds. The Morgan fingerprint density at radius 3 is 2.54 bits per heavy atom. The van der Waals surface area contributed by atoms with Gasteiger partial charge in [0.05, 0.1) is 23.9 Å². The number of methoxy groups -OCH3 is 1. The van der Waals surface area contributed by atoms with Crippen LogP contribution in [0.25, 0.3) is 22.2 Å². The van der Waals surface area contributed by atoms with Crippen LogP contribution in [0.3, 0.4) is 0 Å². The van der Waals surface area contributed by atoms with Crippen molar-refractivity contribution >= 4 is 22.6 Å². The molecule has 1 aromatic heterocycles. The van der Waals surface area contributed by atoms with Gasteiger partial charge in [-0.2, -0.15) is 5.26 Å². The quantitative estimate of drug-likeness (QED) is 0.657. The molecule has 0 aliphatic rings. The summed E-state index contributed by atoms with van der Waals surface area (Å²) < 4.78 is 7.45. The summed E-state index contributed by atoms with van der Waals surface area (Å²) in [5.74, 6) is 0.722. The number of carbonyl (C=O) groups is 1. The summed E-state index contributed by atoms with van der Waals surface area (Å²) in [5, 5.41) is 16.3. The van der Waals surface area contributed by atoms with Gasteiger partial charge in [-0.05, 0) is 56.7 Å². The van der Waals surface area contributed by atoms with Crippen molar-refractivity contribution in [2.75, 3.05) is 12.4 Å². The van der Waals surface area contributed by atoms with Crippen molar-refractivity contribution in [1.82, 2.24) is 9.88 Å². The molecular weight excluding hydrogens is 352 g/mol. The first kappa shape index (κ1) is 19.3. The van der Waals surface area contributed by atoms with E-state index in [1.54, 1.807) is 7.11 Å². The van der Waals surface area contributed by atoms with Crippen molar-refractivity contribution in [3.8, 4) is 23.1 Å². The van der Waals surface area contributed by atoms with Crippen LogP contribution in [0.4, 0.5) is 10.5 Å². The molecule has 0 radical (unpaired) electrons. The first-order chi connectivity index (χ1) is 13.5.